The van der Waals surface area contributed by atoms with Crippen molar-refractivity contribution >= 4 is 35.2 Å². The lowest BCUT2D eigenvalue weighted by atomic mass is 10.1. The number of methoxy groups -OCH3 is 1. The van der Waals surface area contributed by atoms with E-state index in [1.165, 1.54) is 11.8 Å². The van der Waals surface area contributed by atoms with Crippen molar-refractivity contribution in [2.45, 2.75) is 13.0 Å². The standard InChI is InChI=1S/C20H23ClN2O3S/c1-26-18-7-5-15(6-8-18)9-10-22-19(24)13-27-14-20(25)23-12-16-3-2-4-17(21)11-16/h2-8,11H,9-10,12-14H2,1H3,(H,22,24)(H,23,25). The molecule has 27 heavy (non-hydrogen) atoms. The third-order valence-electron chi connectivity index (χ3n) is 3.74. The molecule has 0 unspecified atom stereocenters. The molecular formula is C20H23ClN2O3S. The number of halogens is 1. The summed E-state index contributed by atoms with van der Waals surface area (Å²) in [5, 5.41) is 6.31. The average molecular weight is 407 g/mol. The molecule has 0 aliphatic rings. The Bertz CT molecular complexity index is 753. The molecule has 144 valence electrons. The van der Waals surface area contributed by atoms with Crippen LogP contribution >= 0.6 is 23.4 Å². The number of benzene rings is 2. The molecule has 0 radical (unpaired) electrons. The van der Waals surface area contributed by atoms with Gasteiger partial charge >= 0.3 is 0 Å². The van der Waals surface area contributed by atoms with Crippen molar-refractivity contribution in [3.8, 4) is 5.75 Å². The summed E-state index contributed by atoms with van der Waals surface area (Å²) >= 11 is 7.20. The summed E-state index contributed by atoms with van der Waals surface area (Å²) in [4.78, 5) is 23.7. The number of rotatable bonds is 10. The highest BCUT2D eigenvalue weighted by Gasteiger charge is 2.06. The monoisotopic (exact) mass is 406 g/mol. The topological polar surface area (TPSA) is 67.4 Å². The van der Waals surface area contributed by atoms with Crippen molar-refractivity contribution < 1.29 is 14.3 Å². The second-order valence-corrected chi connectivity index (χ2v) is 7.27. The number of ether oxygens (including phenoxy) is 1. The molecule has 0 atom stereocenters. The van der Waals surface area contributed by atoms with Crippen LogP contribution in [0.2, 0.25) is 5.02 Å². The smallest absolute Gasteiger partial charge is 0.230 e. The molecule has 0 fully saturated rings. The first-order valence-electron chi connectivity index (χ1n) is 8.55. The number of amides is 2. The predicted molar refractivity (Wildman–Crippen MR) is 110 cm³/mol. The number of hydrogen-bond donors (Lipinski definition) is 2. The molecule has 2 aromatic carbocycles. The summed E-state index contributed by atoms with van der Waals surface area (Å²) in [6.07, 6.45) is 0.751. The molecule has 5 nitrogen and oxygen atoms in total. The van der Waals surface area contributed by atoms with Gasteiger partial charge in [0.15, 0.2) is 0 Å². The van der Waals surface area contributed by atoms with Gasteiger partial charge in [0.25, 0.3) is 0 Å². The van der Waals surface area contributed by atoms with E-state index in [9.17, 15) is 9.59 Å². The molecule has 0 saturated carbocycles. The minimum absolute atomic E-state index is 0.0730. The molecule has 0 aromatic heterocycles. The first-order valence-corrected chi connectivity index (χ1v) is 10.1. The normalized spacial score (nSPS) is 10.3. The Labute approximate surface area is 168 Å². The van der Waals surface area contributed by atoms with E-state index in [2.05, 4.69) is 10.6 Å². The Balaban J connectivity index is 1.56. The summed E-state index contributed by atoms with van der Waals surface area (Å²) < 4.78 is 5.11. The second kappa shape index (κ2) is 11.5. The highest BCUT2D eigenvalue weighted by atomic mass is 35.5. The van der Waals surface area contributed by atoms with Gasteiger partial charge in [-0.25, -0.2) is 0 Å². The SMILES string of the molecule is COc1ccc(CCNC(=O)CSCC(=O)NCc2cccc(Cl)c2)cc1. The molecular weight excluding hydrogens is 384 g/mol. The number of hydrogen-bond acceptors (Lipinski definition) is 4. The van der Waals surface area contributed by atoms with E-state index in [1.54, 1.807) is 13.2 Å². The zero-order valence-corrected chi connectivity index (χ0v) is 16.7. The molecule has 0 aliphatic carbocycles. The van der Waals surface area contributed by atoms with E-state index in [4.69, 9.17) is 16.3 Å². The average Bonchev–Trinajstić information content (AvgIpc) is 2.67. The molecule has 0 heterocycles. The third kappa shape index (κ3) is 8.37. The highest BCUT2D eigenvalue weighted by Crippen LogP contribution is 2.12. The Kier molecular flexibility index (Phi) is 9.01. The summed E-state index contributed by atoms with van der Waals surface area (Å²) in [5.74, 6) is 1.13. The molecule has 2 aromatic rings. The molecule has 0 bridgehead atoms. The number of carbonyl (C=O) groups is 2. The Morgan fingerprint density at radius 3 is 2.37 bits per heavy atom. The fourth-order valence-electron chi connectivity index (χ4n) is 2.32. The van der Waals surface area contributed by atoms with Crippen LogP contribution in [0.25, 0.3) is 0 Å². The molecule has 2 amide bonds. The maximum Gasteiger partial charge on any atom is 0.230 e. The van der Waals surface area contributed by atoms with Crippen molar-refractivity contribution in [2.24, 2.45) is 0 Å². The van der Waals surface area contributed by atoms with Crippen LogP contribution in [-0.2, 0) is 22.6 Å². The van der Waals surface area contributed by atoms with E-state index in [-0.39, 0.29) is 23.3 Å². The first kappa shape index (κ1) is 21.1. The number of carbonyl (C=O) groups excluding carboxylic acids is 2. The lowest BCUT2D eigenvalue weighted by Gasteiger charge is -2.07. The van der Waals surface area contributed by atoms with Crippen LogP contribution in [0.4, 0.5) is 0 Å². The van der Waals surface area contributed by atoms with E-state index in [0.717, 1.165) is 23.3 Å². The van der Waals surface area contributed by atoms with Crippen LogP contribution in [0.5, 0.6) is 5.75 Å². The molecule has 2 rings (SSSR count). The lowest BCUT2D eigenvalue weighted by molar-refractivity contribution is -0.119. The van der Waals surface area contributed by atoms with Crippen LogP contribution in [0.3, 0.4) is 0 Å². The van der Waals surface area contributed by atoms with Gasteiger partial charge in [0.05, 0.1) is 18.6 Å². The van der Waals surface area contributed by atoms with Crippen molar-refractivity contribution in [1.82, 2.24) is 10.6 Å². The maximum absolute atomic E-state index is 11.8. The lowest BCUT2D eigenvalue weighted by Crippen LogP contribution is -2.29. The quantitative estimate of drug-likeness (QED) is 0.636. The Hall–Kier alpha value is -2.18. The van der Waals surface area contributed by atoms with Gasteiger partial charge < -0.3 is 15.4 Å². The molecule has 0 spiro atoms. The van der Waals surface area contributed by atoms with Crippen LogP contribution in [-0.4, -0.2) is 37.0 Å². The largest absolute Gasteiger partial charge is 0.497 e. The summed E-state index contributed by atoms with van der Waals surface area (Å²) in [5.41, 5.74) is 2.07. The molecule has 7 heteroatoms. The number of nitrogens with one attached hydrogen (secondary N) is 2. The van der Waals surface area contributed by atoms with Crippen molar-refractivity contribution in [3.05, 3.63) is 64.7 Å². The van der Waals surface area contributed by atoms with Crippen molar-refractivity contribution in [1.29, 1.82) is 0 Å². The van der Waals surface area contributed by atoms with Crippen molar-refractivity contribution in [2.75, 3.05) is 25.2 Å². The van der Waals surface area contributed by atoms with E-state index < -0.39 is 0 Å². The van der Waals surface area contributed by atoms with Crippen LogP contribution in [0.1, 0.15) is 11.1 Å². The van der Waals surface area contributed by atoms with Crippen LogP contribution in [0, 0.1) is 0 Å². The van der Waals surface area contributed by atoms with E-state index in [0.29, 0.717) is 18.1 Å². The minimum Gasteiger partial charge on any atom is -0.497 e. The fraction of sp³-hybridized carbons (Fsp3) is 0.300. The van der Waals surface area contributed by atoms with E-state index in [1.807, 2.05) is 42.5 Å². The van der Waals surface area contributed by atoms with Crippen LogP contribution < -0.4 is 15.4 Å². The van der Waals surface area contributed by atoms with Gasteiger partial charge in [0.1, 0.15) is 5.75 Å². The summed E-state index contributed by atoms with van der Waals surface area (Å²) in [7, 11) is 1.63. The minimum atomic E-state index is -0.106. The van der Waals surface area contributed by atoms with Gasteiger partial charge in [-0.1, -0.05) is 35.9 Å². The highest BCUT2D eigenvalue weighted by molar-refractivity contribution is 8.00. The summed E-state index contributed by atoms with van der Waals surface area (Å²) in [6.45, 7) is 0.987. The zero-order valence-electron chi connectivity index (χ0n) is 15.2. The first-order chi connectivity index (χ1) is 13.1. The number of thioether (sulfide) groups is 1. The van der Waals surface area contributed by atoms with Gasteiger partial charge in [-0.15, -0.1) is 11.8 Å². The van der Waals surface area contributed by atoms with Gasteiger partial charge in [0.2, 0.25) is 11.8 Å². The fourth-order valence-corrected chi connectivity index (χ4v) is 3.21. The molecule has 0 saturated heterocycles. The molecule has 2 N–H and O–H groups in total. The summed E-state index contributed by atoms with van der Waals surface area (Å²) in [6, 6.07) is 15.1. The van der Waals surface area contributed by atoms with E-state index >= 15 is 0 Å². The zero-order chi connectivity index (χ0) is 19.5. The van der Waals surface area contributed by atoms with Crippen molar-refractivity contribution in [3.63, 3.8) is 0 Å². The molecule has 0 aliphatic heterocycles. The predicted octanol–water partition coefficient (Wildman–Crippen LogP) is 3.06. The Morgan fingerprint density at radius 2 is 1.70 bits per heavy atom. The Morgan fingerprint density at radius 1 is 1.00 bits per heavy atom. The van der Waals surface area contributed by atoms with Gasteiger partial charge in [-0.2, -0.15) is 0 Å². The van der Waals surface area contributed by atoms with Gasteiger partial charge in [-0.05, 0) is 41.8 Å². The second-order valence-electron chi connectivity index (χ2n) is 5.85. The van der Waals surface area contributed by atoms with Gasteiger partial charge in [0, 0.05) is 18.1 Å². The van der Waals surface area contributed by atoms with Gasteiger partial charge in [-0.3, -0.25) is 9.59 Å². The third-order valence-corrected chi connectivity index (χ3v) is 4.91. The maximum atomic E-state index is 11.8. The van der Waals surface area contributed by atoms with Crippen LogP contribution in [0.15, 0.2) is 48.5 Å².